The Kier molecular flexibility index (Phi) is 9.55. The summed E-state index contributed by atoms with van der Waals surface area (Å²) in [5, 5.41) is 0. The van der Waals surface area contributed by atoms with Crippen LogP contribution >= 0.6 is 22.6 Å². The summed E-state index contributed by atoms with van der Waals surface area (Å²) in [4.78, 5) is 0. The van der Waals surface area contributed by atoms with E-state index in [4.69, 9.17) is 9.47 Å². The predicted octanol–water partition coefficient (Wildman–Crippen LogP) is 2.94. The summed E-state index contributed by atoms with van der Waals surface area (Å²) in [6.07, 6.45) is 17.0. The van der Waals surface area contributed by atoms with Crippen LogP contribution in [0.1, 0.15) is 6.42 Å². The van der Waals surface area contributed by atoms with E-state index in [0.717, 1.165) is 25.6 Å². The van der Waals surface area contributed by atoms with E-state index in [2.05, 4.69) is 35.4 Å². The maximum atomic E-state index is 5.48. The zero-order valence-electron chi connectivity index (χ0n) is 9.87. The molecule has 4 heteroatoms. The van der Waals surface area contributed by atoms with Gasteiger partial charge in [-0.15, -0.1) is 0 Å². The van der Waals surface area contributed by atoms with Crippen LogP contribution in [0.15, 0.2) is 0 Å². The van der Waals surface area contributed by atoms with Gasteiger partial charge in [-0.2, -0.15) is 0 Å². The molecule has 0 bridgehead atoms. The zero-order chi connectivity index (χ0) is 11.9. The first kappa shape index (κ1) is 17.2. The minimum absolute atomic E-state index is 0. The monoisotopic (exact) mass is 398 g/mol. The Morgan fingerprint density at radius 3 is 1.89 bits per heavy atom. The molecule has 0 aromatic rings. The van der Waals surface area contributed by atoms with Crippen molar-refractivity contribution in [2.75, 3.05) is 13.2 Å². The Bertz CT molecular complexity index is 198. The molecule has 0 aromatic heterocycles. The first-order valence-corrected chi connectivity index (χ1v) is 6.77. The van der Waals surface area contributed by atoms with Crippen molar-refractivity contribution in [2.24, 2.45) is 0 Å². The molecule has 0 N–H and O–H groups in total. The van der Waals surface area contributed by atoms with Gasteiger partial charge in [0.2, 0.25) is 0 Å². The van der Waals surface area contributed by atoms with E-state index in [1.807, 2.05) is 38.5 Å². The predicted molar refractivity (Wildman–Crippen MR) is 75.2 cm³/mol. The Labute approximate surface area is 136 Å². The van der Waals surface area contributed by atoms with Gasteiger partial charge in [0, 0.05) is 0 Å². The molecule has 0 unspecified atom stereocenters. The number of hydrogen-bond acceptors (Lipinski definition) is 2. The second-order valence-electron chi connectivity index (χ2n) is 3.72. The van der Waals surface area contributed by atoms with Gasteiger partial charge in [0.25, 0.3) is 0 Å². The van der Waals surface area contributed by atoms with Crippen LogP contribution in [0.2, 0.25) is 0 Å². The summed E-state index contributed by atoms with van der Waals surface area (Å²) >= 11 is 2.30. The molecule has 1 aliphatic heterocycles. The van der Waals surface area contributed by atoms with Gasteiger partial charge in [-0.1, -0.05) is 22.6 Å². The number of rotatable bonds is 1. The SMILES string of the molecule is I[C]1[CH][CH][CH][C]1C1OCCCO1.[CH]1[CH][CH][CH][CH]1.[Fe+2]. The maximum Gasteiger partial charge on any atom is 2.00 e. The quantitative estimate of drug-likeness (QED) is 0.500. The van der Waals surface area contributed by atoms with Crippen molar-refractivity contribution in [2.45, 2.75) is 12.7 Å². The van der Waals surface area contributed by atoms with Crippen molar-refractivity contribution in [1.82, 2.24) is 0 Å². The molecule has 3 rings (SSSR count). The minimum Gasteiger partial charge on any atom is -0.352 e. The van der Waals surface area contributed by atoms with E-state index in [-0.39, 0.29) is 23.4 Å². The summed E-state index contributed by atoms with van der Waals surface area (Å²) in [6.45, 7) is 1.62. The van der Waals surface area contributed by atoms with Gasteiger partial charge in [-0.05, 0) is 57.8 Å². The van der Waals surface area contributed by atoms with Crippen LogP contribution in [0.25, 0.3) is 0 Å². The molecule has 0 spiro atoms. The molecule has 0 amide bonds. The van der Waals surface area contributed by atoms with Crippen LogP contribution in [-0.4, -0.2) is 19.5 Å². The topological polar surface area (TPSA) is 18.5 Å². The van der Waals surface area contributed by atoms with Crippen molar-refractivity contribution >= 4 is 22.6 Å². The average Bonchev–Trinajstić information content (AvgIpc) is 3.03. The largest absolute Gasteiger partial charge is 2.00 e. The van der Waals surface area contributed by atoms with Crippen LogP contribution in [0.4, 0.5) is 0 Å². The summed E-state index contributed by atoms with van der Waals surface area (Å²) in [6, 6.07) is 0. The van der Waals surface area contributed by atoms with Crippen molar-refractivity contribution in [3.05, 3.63) is 61.2 Å². The smallest absolute Gasteiger partial charge is 0.352 e. The molecule has 2 saturated carbocycles. The second-order valence-corrected chi connectivity index (χ2v) is 4.88. The van der Waals surface area contributed by atoms with E-state index in [9.17, 15) is 0 Å². The summed E-state index contributed by atoms with van der Waals surface area (Å²) in [5.74, 6) is 1.16. The van der Waals surface area contributed by atoms with Gasteiger partial charge in [-0.25, -0.2) is 0 Å². The fourth-order valence-corrected chi connectivity index (χ4v) is 2.23. The van der Waals surface area contributed by atoms with E-state index < -0.39 is 0 Å². The van der Waals surface area contributed by atoms with Crippen molar-refractivity contribution in [3.63, 3.8) is 0 Å². The Morgan fingerprint density at radius 1 is 0.889 bits per heavy atom. The van der Waals surface area contributed by atoms with Crippen LogP contribution in [-0.2, 0) is 26.5 Å². The van der Waals surface area contributed by atoms with E-state index in [0.29, 0.717) is 0 Å². The molecular weight excluding hydrogens is 383 g/mol. The number of ether oxygens (including phenoxy) is 2. The first-order chi connectivity index (χ1) is 8.38. The van der Waals surface area contributed by atoms with Crippen molar-refractivity contribution in [3.8, 4) is 0 Å². The van der Waals surface area contributed by atoms with Crippen LogP contribution in [0.5, 0.6) is 0 Å². The fourth-order valence-electron chi connectivity index (χ4n) is 1.59. The minimum atomic E-state index is -0.124. The van der Waals surface area contributed by atoms with Gasteiger partial charge >= 0.3 is 17.1 Å². The van der Waals surface area contributed by atoms with Gasteiger partial charge in [0.05, 0.1) is 23.1 Å². The zero-order valence-corrected chi connectivity index (χ0v) is 13.1. The van der Waals surface area contributed by atoms with E-state index >= 15 is 0 Å². The summed E-state index contributed by atoms with van der Waals surface area (Å²) in [7, 11) is 0. The van der Waals surface area contributed by atoms with Crippen molar-refractivity contribution < 1.29 is 26.5 Å². The molecule has 2 nitrogen and oxygen atoms in total. The molecular formula is C14H15FeIO2+2. The number of hydrogen-bond donors (Lipinski definition) is 0. The maximum absolute atomic E-state index is 5.48. The molecule has 18 heavy (non-hydrogen) atoms. The average molecular weight is 398 g/mol. The second kappa shape index (κ2) is 9.98. The molecule has 0 atom stereocenters. The fraction of sp³-hybridized carbons (Fsp3) is 0.286. The summed E-state index contributed by atoms with van der Waals surface area (Å²) < 4.78 is 12.2. The van der Waals surface area contributed by atoms with E-state index in [1.54, 1.807) is 0 Å². The van der Waals surface area contributed by atoms with Crippen LogP contribution < -0.4 is 0 Å². The molecule has 10 radical (unpaired) electrons. The van der Waals surface area contributed by atoms with Gasteiger partial charge in [0.1, 0.15) is 0 Å². The van der Waals surface area contributed by atoms with Gasteiger partial charge in [-0.3, -0.25) is 0 Å². The first-order valence-electron chi connectivity index (χ1n) is 5.69. The molecule has 2 aliphatic carbocycles. The molecule has 0 aromatic carbocycles. The van der Waals surface area contributed by atoms with Gasteiger partial charge < -0.3 is 9.47 Å². The molecule has 3 aliphatic rings. The van der Waals surface area contributed by atoms with E-state index in [1.165, 1.54) is 3.92 Å². The Morgan fingerprint density at radius 2 is 1.44 bits per heavy atom. The third-order valence-corrected chi connectivity index (χ3v) is 3.41. The Balaban J connectivity index is 0.000000230. The number of halogens is 1. The van der Waals surface area contributed by atoms with Crippen LogP contribution in [0, 0.1) is 61.2 Å². The van der Waals surface area contributed by atoms with Crippen LogP contribution in [0.3, 0.4) is 0 Å². The Hall–Kier alpha value is 1.17. The van der Waals surface area contributed by atoms with Gasteiger partial charge in [0.15, 0.2) is 6.29 Å². The third-order valence-electron chi connectivity index (χ3n) is 2.43. The normalized spacial score (nSPS) is 26.5. The molecule has 1 heterocycles. The van der Waals surface area contributed by atoms with Crippen molar-refractivity contribution in [1.29, 1.82) is 0 Å². The molecule has 1 saturated heterocycles. The molecule has 96 valence electrons. The summed E-state index contributed by atoms with van der Waals surface area (Å²) in [5.41, 5.74) is 0. The standard InChI is InChI=1S/C9H10IO2.C5H5.Fe/c10-8-4-1-3-7(8)9-11-5-2-6-12-9;1-2-4-5-3-1;/h1,3-4,9H,2,5-6H2;1-5H;/q;;+2. The third kappa shape index (κ3) is 5.66. The molecule has 3 fully saturated rings.